The van der Waals surface area contributed by atoms with Gasteiger partial charge in [-0.1, -0.05) is 30.9 Å². The molecule has 2 rings (SSSR count). The number of likely N-dealkylation sites (tertiary alicyclic amines) is 1. The second-order valence-corrected chi connectivity index (χ2v) is 5.43. The van der Waals surface area contributed by atoms with Gasteiger partial charge in [0.05, 0.1) is 6.61 Å². The van der Waals surface area contributed by atoms with Crippen molar-refractivity contribution in [1.82, 2.24) is 4.90 Å². The first kappa shape index (κ1) is 14.1. The fourth-order valence-electron chi connectivity index (χ4n) is 2.45. The maximum Gasteiger partial charge on any atom is 0.0540 e. The van der Waals surface area contributed by atoms with E-state index >= 15 is 0 Å². The van der Waals surface area contributed by atoms with Crippen LogP contribution in [0.1, 0.15) is 37.3 Å². The predicted molar refractivity (Wildman–Crippen MR) is 78.7 cm³/mol. The van der Waals surface area contributed by atoms with E-state index in [4.69, 9.17) is 5.11 Å². The van der Waals surface area contributed by atoms with Crippen LogP contribution < -0.4 is 0 Å². The van der Waals surface area contributed by atoms with Gasteiger partial charge in [-0.15, -0.1) is 0 Å². The van der Waals surface area contributed by atoms with Crippen LogP contribution in [0.3, 0.4) is 0 Å². The normalized spacial score (nSPS) is 16.9. The molecule has 0 amide bonds. The number of aliphatic hydroxyl groups excluding tert-OH is 1. The van der Waals surface area contributed by atoms with Crippen LogP contribution in [0.15, 0.2) is 24.3 Å². The summed E-state index contributed by atoms with van der Waals surface area (Å²) in [4.78, 5) is 2.53. The van der Waals surface area contributed by atoms with Crippen molar-refractivity contribution in [1.29, 1.82) is 0 Å². The number of piperidine rings is 1. The summed E-state index contributed by atoms with van der Waals surface area (Å²) in [5, 5.41) is 8.73. The molecule has 102 valence electrons. The van der Waals surface area contributed by atoms with Gasteiger partial charge >= 0.3 is 0 Å². The van der Waals surface area contributed by atoms with E-state index in [1.54, 1.807) is 0 Å². The van der Waals surface area contributed by atoms with Gasteiger partial charge in [-0.25, -0.2) is 0 Å². The first-order valence-corrected chi connectivity index (χ1v) is 7.19. The predicted octanol–water partition coefficient (Wildman–Crippen LogP) is 2.65. The maximum atomic E-state index is 8.73. The van der Waals surface area contributed by atoms with Crippen molar-refractivity contribution < 1.29 is 5.11 Å². The Labute approximate surface area is 116 Å². The minimum Gasteiger partial charge on any atom is -0.395 e. The van der Waals surface area contributed by atoms with Crippen LogP contribution in [0.2, 0.25) is 0 Å². The number of hydrogen-bond donors (Lipinski definition) is 1. The second kappa shape index (κ2) is 7.33. The minimum absolute atomic E-state index is 0.138. The lowest BCUT2D eigenvalue weighted by Crippen LogP contribution is -2.32. The molecule has 1 aromatic carbocycles. The van der Waals surface area contributed by atoms with Gasteiger partial charge in [-0.3, -0.25) is 4.90 Å². The molecule has 1 saturated heterocycles. The molecule has 1 aromatic rings. The maximum absolute atomic E-state index is 8.73. The molecule has 2 heteroatoms. The Balaban J connectivity index is 1.94. The van der Waals surface area contributed by atoms with Crippen molar-refractivity contribution in [3.8, 4) is 11.8 Å². The van der Waals surface area contributed by atoms with Crippen LogP contribution in [-0.2, 0) is 6.54 Å². The van der Waals surface area contributed by atoms with E-state index in [0.717, 1.165) is 18.0 Å². The second-order valence-electron chi connectivity index (χ2n) is 5.43. The summed E-state index contributed by atoms with van der Waals surface area (Å²) in [5.41, 5.74) is 2.39. The zero-order valence-corrected chi connectivity index (χ0v) is 11.7. The van der Waals surface area contributed by atoms with Gasteiger partial charge in [0.1, 0.15) is 0 Å². The van der Waals surface area contributed by atoms with Crippen molar-refractivity contribution in [2.24, 2.45) is 5.92 Å². The molecule has 1 N–H and O–H groups in total. The number of benzene rings is 1. The first-order chi connectivity index (χ1) is 9.28. The van der Waals surface area contributed by atoms with Crippen molar-refractivity contribution in [3.05, 3.63) is 35.4 Å². The van der Waals surface area contributed by atoms with Crippen molar-refractivity contribution >= 4 is 0 Å². The molecule has 1 aliphatic heterocycles. The van der Waals surface area contributed by atoms with E-state index in [-0.39, 0.29) is 6.61 Å². The Morgan fingerprint density at radius 3 is 2.84 bits per heavy atom. The number of aliphatic hydroxyl groups is 1. The smallest absolute Gasteiger partial charge is 0.0540 e. The van der Waals surface area contributed by atoms with Gasteiger partial charge in [-0.2, -0.15) is 0 Å². The first-order valence-electron chi connectivity index (χ1n) is 7.19. The molecule has 0 aliphatic carbocycles. The average Bonchev–Trinajstić information content (AvgIpc) is 2.42. The van der Waals surface area contributed by atoms with Crippen molar-refractivity contribution in [2.75, 3.05) is 19.7 Å². The Hall–Kier alpha value is -1.30. The molecule has 1 fully saturated rings. The highest BCUT2D eigenvalue weighted by Crippen LogP contribution is 2.18. The Kier molecular flexibility index (Phi) is 5.44. The molecule has 0 spiro atoms. The Morgan fingerprint density at radius 1 is 1.32 bits per heavy atom. The highest BCUT2D eigenvalue weighted by Gasteiger charge is 2.15. The molecule has 0 atom stereocenters. The summed E-state index contributed by atoms with van der Waals surface area (Å²) in [5.74, 6) is 6.96. The zero-order chi connectivity index (χ0) is 13.5. The SMILES string of the molecule is CC1CCN(Cc2cccc(C#CCCO)c2)CC1. The highest BCUT2D eigenvalue weighted by atomic mass is 16.2. The Bertz CT molecular complexity index is 450. The van der Waals surface area contributed by atoms with Crippen LogP contribution in [0.25, 0.3) is 0 Å². The largest absolute Gasteiger partial charge is 0.395 e. The minimum atomic E-state index is 0.138. The van der Waals surface area contributed by atoms with Gasteiger partial charge in [-0.05, 0) is 49.5 Å². The standard InChI is InChI=1S/C17H23NO/c1-15-8-10-18(11-9-15)14-17-7-4-6-16(13-17)5-2-3-12-19/h4,6-7,13,15,19H,3,8-12,14H2,1H3. The molecular formula is C17H23NO. The molecule has 0 radical (unpaired) electrons. The molecule has 1 heterocycles. The molecule has 0 unspecified atom stereocenters. The summed E-state index contributed by atoms with van der Waals surface area (Å²) in [6, 6.07) is 8.45. The topological polar surface area (TPSA) is 23.5 Å². The average molecular weight is 257 g/mol. The van der Waals surface area contributed by atoms with E-state index in [0.29, 0.717) is 6.42 Å². The van der Waals surface area contributed by atoms with Gasteiger partial charge in [0.25, 0.3) is 0 Å². The highest BCUT2D eigenvalue weighted by molar-refractivity contribution is 5.37. The third-order valence-electron chi connectivity index (χ3n) is 3.68. The van der Waals surface area contributed by atoms with Gasteiger partial charge in [0.2, 0.25) is 0 Å². The van der Waals surface area contributed by atoms with Crippen molar-refractivity contribution in [3.63, 3.8) is 0 Å². The third kappa shape index (κ3) is 4.70. The van der Waals surface area contributed by atoms with E-state index in [2.05, 4.69) is 41.9 Å². The Morgan fingerprint density at radius 2 is 2.11 bits per heavy atom. The number of hydrogen-bond acceptors (Lipinski definition) is 2. The third-order valence-corrected chi connectivity index (χ3v) is 3.68. The molecule has 0 bridgehead atoms. The van der Waals surface area contributed by atoms with E-state index < -0.39 is 0 Å². The molecule has 0 aromatic heterocycles. The summed E-state index contributed by atoms with van der Waals surface area (Å²) in [6.07, 6.45) is 3.18. The lowest BCUT2D eigenvalue weighted by atomic mass is 9.98. The quantitative estimate of drug-likeness (QED) is 0.842. The summed E-state index contributed by atoms with van der Waals surface area (Å²) >= 11 is 0. The van der Waals surface area contributed by atoms with Gasteiger partial charge in [0, 0.05) is 18.5 Å². The molecule has 19 heavy (non-hydrogen) atoms. The van der Waals surface area contributed by atoms with E-state index in [1.165, 1.54) is 31.5 Å². The van der Waals surface area contributed by atoms with Crippen LogP contribution in [-0.4, -0.2) is 29.7 Å². The van der Waals surface area contributed by atoms with E-state index in [9.17, 15) is 0 Å². The monoisotopic (exact) mass is 257 g/mol. The van der Waals surface area contributed by atoms with Crippen LogP contribution >= 0.6 is 0 Å². The number of nitrogens with zero attached hydrogens (tertiary/aromatic N) is 1. The fourth-order valence-corrected chi connectivity index (χ4v) is 2.45. The lowest BCUT2D eigenvalue weighted by molar-refractivity contribution is 0.185. The van der Waals surface area contributed by atoms with Crippen LogP contribution in [0, 0.1) is 17.8 Å². The fraction of sp³-hybridized carbons (Fsp3) is 0.529. The molecule has 0 saturated carbocycles. The van der Waals surface area contributed by atoms with Gasteiger partial charge < -0.3 is 5.11 Å². The zero-order valence-electron chi connectivity index (χ0n) is 11.7. The molecular weight excluding hydrogens is 234 g/mol. The van der Waals surface area contributed by atoms with E-state index in [1.807, 2.05) is 6.07 Å². The van der Waals surface area contributed by atoms with Gasteiger partial charge in [0.15, 0.2) is 0 Å². The summed E-state index contributed by atoms with van der Waals surface area (Å²) in [7, 11) is 0. The molecule has 2 nitrogen and oxygen atoms in total. The van der Waals surface area contributed by atoms with Crippen LogP contribution in [0.4, 0.5) is 0 Å². The molecule has 1 aliphatic rings. The lowest BCUT2D eigenvalue weighted by Gasteiger charge is -2.30. The van der Waals surface area contributed by atoms with Crippen molar-refractivity contribution in [2.45, 2.75) is 32.7 Å². The van der Waals surface area contributed by atoms with Crippen LogP contribution in [0.5, 0.6) is 0 Å². The summed E-state index contributed by atoms with van der Waals surface area (Å²) in [6.45, 7) is 5.93. The summed E-state index contributed by atoms with van der Waals surface area (Å²) < 4.78 is 0. The number of rotatable bonds is 3.